The van der Waals surface area contributed by atoms with Gasteiger partial charge < -0.3 is 9.16 Å². The molecule has 0 atom stereocenters. The van der Waals surface area contributed by atoms with E-state index in [0.717, 1.165) is 25.0 Å². The van der Waals surface area contributed by atoms with Gasteiger partial charge in [0, 0.05) is 6.42 Å². The second kappa shape index (κ2) is 9.67. The summed E-state index contributed by atoms with van der Waals surface area (Å²) in [5.74, 6) is 0.895. The van der Waals surface area contributed by atoms with Crippen LogP contribution in [0.2, 0.25) is 19.6 Å². The topological polar surface area (TPSA) is 35.5 Å². The molecule has 0 spiro atoms. The number of unbranched alkanes of at least 4 members (excludes halogenated alkanes) is 4. The van der Waals surface area contributed by atoms with E-state index in [9.17, 15) is 4.79 Å². The Morgan fingerprint density at radius 1 is 0.955 bits per heavy atom. The van der Waals surface area contributed by atoms with Crippen molar-refractivity contribution in [2.75, 3.05) is 7.11 Å². The molecular formula is C18H30O3Si. The highest BCUT2D eigenvalue weighted by Crippen LogP contribution is 2.15. The molecule has 0 saturated carbocycles. The van der Waals surface area contributed by atoms with Gasteiger partial charge in [0.05, 0.1) is 7.11 Å². The third-order valence-electron chi connectivity index (χ3n) is 3.43. The van der Waals surface area contributed by atoms with E-state index in [-0.39, 0.29) is 5.97 Å². The molecule has 0 unspecified atom stereocenters. The summed E-state index contributed by atoms with van der Waals surface area (Å²) in [7, 11) is -0.0154. The van der Waals surface area contributed by atoms with Crippen LogP contribution in [0.25, 0.3) is 0 Å². The Bertz CT molecular complexity index is 435. The molecule has 0 amide bonds. The molecule has 0 N–H and O–H groups in total. The van der Waals surface area contributed by atoms with E-state index in [2.05, 4.69) is 12.1 Å². The zero-order valence-corrected chi connectivity index (χ0v) is 15.5. The van der Waals surface area contributed by atoms with Crippen molar-refractivity contribution in [3.05, 3.63) is 29.8 Å². The fourth-order valence-corrected chi connectivity index (χ4v) is 3.10. The molecule has 4 heteroatoms. The summed E-state index contributed by atoms with van der Waals surface area (Å²) in [5, 5.41) is 0. The Kier molecular flexibility index (Phi) is 8.24. The van der Waals surface area contributed by atoms with Crippen molar-refractivity contribution in [3.63, 3.8) is 0 Å². The minimum atomic E-state index is -1.70. The first-order valence-corrected chi connectivity index (χ1v) is 11.7. The van der Waals surface area contributed by atoms with Crippen molar-refractivity contribution in [2.24, 2.45) is 0 Å². The maximum Gasteiger partial charge on any atom is 0.292 e. The van der Waals surface area contributed by atoms with Gasteiger partial charge in [0.2, 0.25) is 8.32 Å². The van der Waals surface area contributed by atoms with Crippen molar-refractivity contribution < 1.29 is 14.0 Å². The lowest BCUT2D eigenvalue weighted by Crippen LogP contribution is -2.28. The van der Waals surface area contributed by atoms with Gasteiger partial charge in [-0.15, -0.1) is 0 Å². The van der Waals surface area contributed by atoms with E-state index in [0.29, 0.717) is 6.42 Å². The van der Waals surface area contributed by atoms with Crippen LogP contribution in [-0.2, 0) is 15.6 Å². The van der Waals surface area contributed by atoms with Crippen LogP contribution in [0.3, 0.4) is 0 Å². The molecule has 1 aromatic carbocycles. The normalized spacial score (nSPS) is 11.3. The lowest BCUT2D eigenvalue weighted by Gasteiger charge is -2.17. The van der Waals surface area contributed by atoms with Crippen molar-refractivity contribution >= 4 is 14.3 Å². The van der Waals surface area contributed by atoms with Crippen LogP contribution in [0.5, 0.6) is 5.75 Å². The number of hydrogen-bond donors (Lipinski definition) is 0. The molecule has 0 aliphatic rings. The monoisotopic (exact) mass is 322 g/mol. The summed E-state index contributed by atoms with van der Waals surface area (Å²) in [6.07, 6.45) is 7.36. The molecule has 3 nitrogen and oxygen atoms in total. The third-order valence-corrected chi connectivity index (χ3v) is 4.27. The number of methoxy groups -OCH3 is 1. The zero-order valence-electron chi connectivity index (χ0n) is 14.5. The number of carbonyl (C=O) groups is 1. The second-order valence-corrected chi connectivity index (χ2v) is 11.1. The Morgan fingerprint density at radius 2 is 1.55 bits per heavy atom. The van der Waals surface area contributed by atoms with Crippen LogP contribution < -0.4 is 4.74 Å². The van der Waals surface area contributed by atoms with Crippen LogP contribution >= 0.6 is 0 Å². The fraction of sp³-hybridized carbons (Fsp3) is 0.611. The molecule has 0 aliphatic heterocycles. The van der Waals surface area contributed by atoms with Gasteiger partial charge in [-0.25, -0.2) is 0 Å². The summed E-state index contributed by atoms with van der Waals surface area (Å²) in [4.78, 5) is 11.6. The van der Waals surface area contributed by atoms with Gasteiger partial charge in [-0.2, -0.15) is 0 Å². The van der Waals surface area contributed by atoms with Crippen LogP contribution in [0.15, 0.2) is 24.3 Å². The first-order valence-electron chi connectivity index (χ1n) is 8.25. The smallest absolute Gasteiger partial charge is 0.292 e. The average molecular weight is 323 g/mol. The number of aryl methyl sites for hydroxylation is 1. The molecule has 0 aromatic heterocycles. The third kappa shape index (κ3) is 8.88. The van der Waals surface area contributed by atoms with Gasteiger partial charge in [-0.1, -0.05) is 31.4 Å². The van der Waals surface area contributed by atoms with Gasteiger partial charge in [-0.3, -0.25) is 4.79 Å². The number of carbonyl (C=O) groups excluding carboxylic acids is 1. The first kappa shape index (κ1) is 18.8. The molecule has 1 rings (SSSR count). The predicted molar refractivity (Wildman–Crippen MR) is 93.8 cm³/mol. The molecule has 0 heterocycles. The molecule has 124 valence electrons. The van der Waals surface area contributed by atoms with Gasteiger partial charge >= 0.3 is 0 Å². The second-order valence-electron chi connectivity index (χ2n) is 6.70. The van der Waals surface area contributed by atoms with Gasteiger partial charge in [0.15, 0.2) is 0 Å². The maximum atomic E-state index is 11.6. The van der Waals surface area contributed by atoms with E-state index >= 15 is 0 Å². The van der Waals surface area contributed by atoms with Crippen LogP contribution in [0.4, 0.5) is 0 Å². The van der Waals surface area contributed by atoms with E-state index in [4.69, 9.17) is 9.16 Å². The van der Waals surface area contributed by atoms with E-state index < -0.39 is 8.32 Å². The lowest BCUT2D eigenvalue weighted by atomic mass is 10.0. The number of ether oxygens (including phenoxy) is 1. The lowest BCUT2D eigenvalue weighted by molar-refractivity contribution is -0.135. The van der Waals surface area contributed by atoms with Crippen molar-refractivity contribution in [3.8, 4) is 5.75 Å². The van der Waals surface area contributed by atoms with Crippen molar-refractivity contribution in [1.29, 1.82) is 0 Å². The van der Waals surface area contributed by atoms with E-state index in [1.807, 2.05) is 31.8 Å². The molecule has 0 bridgehead atoms. The summed E-state index contributed by atoms with van der Waals surface area (Å²) < 4.78 is 10.6. The molecule has 1 aromatic rings. The Hall–Kier alpha value is -1.29. The average Bonchev–Trinajstić information content (AvgIpc) is 2.45. The van der Waals surface area contributed by atoms with Crippen LogP contribution in [-0.4, -0.2) is 21.4 Å². The predicted octanol–water partition coefficient (Wildman–Crippen LogP) is 4.96. The SMILES string of the molecule is COc1ccc(CCCCCCCC(=O)O[Si](C)(C)C)cc1. The van der Waals surface area contributed by atoms with Crippen molar-refractivity contribution in [1.82, 2.24) is 0 Å². The molecular weight excluding hydrogens is 292 g/mol. The van der Waals surface area contributed by atoms with Crippen LogP contribution in [0.1, 0.15) is 44.1 Å². The number of hydrogen-bond acceptors (Lipinski definition) is 3. The van der Waals surface area contributed by atoms with Gasteiger partial charge in [-0.05, 0) is 56.6 Å². The minimum Gasteiger partial charge on any atom is -0.520 e. The summed E-state index contributed by atoms with van der Waals surface area (Å²) in [5.41, 5.74) is 1.36. The molecule has 0 fully saturated rings. The highest BCUT2D eigenvalue weighted by Gasteiger charge is 2.19. The summed E-state index contributed by atoms with van der Waals surface area (Å²) in [6, 6.07) is 8.29. The summed E-state index contributed by atoms with van der Waals surface area (Å²) in [6.45, 7) is 6.14. The Labute approximate surface area is 136 Å². The molecule has 0 saturated heterocycles. The Morgan fingerprint density at radius 3 is 2.14 bits per heavy atom. The number of rotatable bonds is 10. The van der Waals surface area contributed by atoms with Crippen LogP contribution in [0, 0.1) is 0 Å². The van der Waals surface area contributed by atoms with Crippen molar-refractivity contribution in [2.45, 2.75) is 64.6 Å². The van der Waals surface area contributed by atoms with E-state index in [1.54, 1.807) is 7.11 Å². The maximum absolute atomic E-state index is 11.6. The summed E-state index contributed by atoms with van der Waals surface area (Å²) >= 11 is 0. The number of benzene rings is 1. The molecule has 0 radical (unpaired) electrons. The zero-order chi connectivity index (χ0) is 16.4. The van der Waals surface area contributed by atoms with E-state index in [1.165, 1.54) is 24.8 Å². The first-order chi connectivity index (χ1) is 10.4. The molecule has 22 heavy (non-hydrogen) atoms. The standard InChI is InChI=1S/C18H30O3Si/c1-20-17-14-12-16(13-15-17)10-8-6-5-7-9-11-18(19)21-22(2,3)4/h12-15H,5-11H2,1-4H3. The largest absolute Gasteiger partial charge is 0.520 e. The Balaban J connectivity index is 2.02. The quantitative estimate of drug-likeness (QED) is 0.451. The highest BCUT2D eigenvalue weighted by molar-refractivity contribution is 6.71. The van der Waals surface area contributed by atoms with Gasteiger partial charge in [0.25, 0.3) is 5.97 Å². The fourth-order valence-electron chi connectivity index (χ4n) is 2.31. The highest BCUT2D eigenvalue weighted by atomic mass is 28.4. The molecule has 0 aliphatic carbocycles. The minimum absolute atomic E-state index is 0.0163. The van der Waals surface area contributed by atoms with Gasteiger partial charge in [0.1, 0.15) is 5.75 Å².